The molecular weight excluding hydrogens is 309 g/mol. The van der Waals surface area contributed by atoms with Crippen LogP contribution in [-0.4, -0.2) is 19.2 Å². The normalized spacial score (nSPS) is 11.8. The molecule has 2 aromatic rings. The van der Waals surface area contributed by atoms with Crippen LogP contribution in [0.2, 0.25) is 5.02 Å². The summed E-state index contributed by atoms with van der Waals surface area (Å²) in [6.45, 7) is 1.24. The second-order valence-electron chi connectivity index (χ2n) is 4.32. The Labute approximate surface area is 123 Å². The Morgan fingerprint density at radius 3 is 2.24 bits per heavy atom. The van der Waals surface area contributed by atoms with Crippen molar-refractivity contribution in [1.29, 1.82) is 0 Å². The Hall–Kier alpha value is -1.89. The third-order valence-electron chi connectivity index (χ3n) is 3.13. The Balaban J connectivity index is 3.00. The van der Waals surface area contributed by atoms with E-state index in [-0.39, 0.29) is 38.7 Å². The molecule has 0 bridgehead atoms. The van der Waals surface area contributed by atoms with E-state index in [0.717, 1.165) is 0 Å². The molecule has 1 heterocycles. The molecule has 0 aliphatic heterocycles. The number of benzene rings is 1. The smallest absolute Gasteiger partial charge is 0.433 e. The highest BCUT2D eigenvalue weighted by Crippen LogP contribution is 2.44. The van der Waals surface area contributed by atoms with Gasteiger partial charge < -0.3 is 15.2 Å². The second-order valence-corrected chi connectivity index (χ2v) is 4.69. The predicted molar refractivity (Wildman–Crippen MR) is 74.0 cm³/mol. The van der Waals surface area contributed by atoms with Gasteiger partial charge in [0.1, 0.15) is 22.7 Å². The van der Waals surface area contributed by atoms with E-state index >= 15 is 0 Å². The van der Waals surface area contributed by atoms with Crippen molar-refractivity contribution in [3.8, 4) is 11.5 Å². The summed E-state index contributed by atoms with van der Waals surface area (Å²) in [5, 5.41) is 0.272. The van der Waals surface area contributed by atoms with Gasteiger partial charge in [-0.1, -0.05) is 11.6 Å². The molecule has 0 spiro atoms. The third kappa shape index (κ3) is 2.42. The minimum Gasteiger partial charge on any atom is -0.495 e. The van der Waals surface area contributed by atoms with Gasteiger partial charge in [0, 0.05) is 22.7 Å². The number of nitrogen functional groups attached to an aromatic ring is 1. The molecule has 0 saturated carbocycles. The highest BCUT2D eigenvalue weighted by molar-refractivity contribution is 6.38. The molecule has 8 heteroatoms. The number of nitrogens with zero attached hydrogens (tertiary/aromatic N) is 1. The van der Waals surface area contributed by atoms with Crippen LogP contribution in [0.15, 0.2) is 6.07 Å². The van der Waals surface area contributed by atoms with Crippen LogP contribution < -0.4 is 15.2 Å². The van der Waals surface area contributed by atoms with E-state index in [1.165, 1.54) is 27.2 Å². The molecule has 1 aromatic carbocycles. The lowest BCUT2D eigenvalue weighted by Crippen LogP contribution is -2.13. The first-order valence-corrected chi connectivity index (χ1v) is 6.17. The van der Waals surface area contributed by atoms with Crippen LogP contribution in [-0.2, 0) is 6.18 Å². The minimum absolute atomic E-state index is 0.0567. The van der Waals surface area contributed by atoms with Crippen LogP contribution in [0.3, 0.4) is 0 Å². The van der Waals surface area contributed by atoms with Crippen molar-refractivity contribution in [3.63, 3.8) is 0 Å². The summed E-state index contributed by atoms with van der Waals surface area (Å²) in [6.07, 6.45) is -4.62. The molecule has 0 fully saturated rings. The van der Waals surface area contributed by atoms with Crippen molar-refractivity contribution in [3.05, 3.63) is 22.3 Å². The second kappa shape index (κ2) is 5.14. The molecule has 4 nitrogen and oxygen atoms in total. The standard InChI is InChI=1S/C13H12ClF3N2O2/c1-5-10(18)8-9(14)6(20-2)4-7(21-3)11(8)19-12(5)13(15,16)17/h4H,1-3H3,(H2,18,19). The maximum Gasteiger partial charge on any atom is 0.433 e. The van der Waals surface area contributed by atoms with Crippen LogP contribution >= 0.6 is 11.6 Å². The Morgan fingerprint density at radius 1 is 1.19 bits per heavy atom. The molecule has 1 aromatic heterocycles. The van der Waals surface area contributed by atoms with Gasteiger partial charge in [-0.05, 0) is 6.92 Å². The number of hydrogen-bond acceptors (Lipinski definition) is 4. The molecule has 0 aliphatic rings. The molecule has 0 atom stereocenters. The number of nitrogens with two attached hydrogens (primary N) is 1. The number of aromatic nitrogens is 1. The summed E-state index contributed by atoms with van der Waals surface area (Å²) in [4.78, 5) is 3.64. The largest absolute Gasteiger partial charge is 0.495 e. The zero-order chi connectivity index (χ0) is 15.9. The fourth-order valence-corrected chi connectivity index (χ4v) is 2.37. The van der Waals surface area contributed by atoms with E-state index < -0.39 is 11.9 Å². The molecule has 21 heavy (non-hydrogen) atoms. The molecule has 0 unspecified atom stereocenters. The van der Waals surface area contributed by atoms with Crippen LogP contribution in [0.1, 0.15) is 11.3 Å². The minimum atomic E-state index is -4.62. The summed E-state index contributed by atoms with van der Waals surface area (Å²) >= 11 is 6.13. The number of anilines is 1. The van der Waals surface area contributed by atoms with Crippen LogP contribution in [0.25, 0.3) is 10.9 Å². The average Bonchev–Trinajstić information content (AvgIpc) is 2.41. The van der Waals surface area contributed by atoms with Crippen LogP contribution in [0.4, 0.5) is 18.9 Å². The van der Waals surface area contributed by atoms with E-state index in [4.69, 9.17) is 26.8 Å². The Morgan fingerprint density at radius 2 is 1.76 bits per heavy atom. The molecule has 0 saturated heterocycles. The molecule has 114 valence electrons. The number of halogens is 4. The zero-order valence-corrected chi connectivity index (χ0v) is 12.2. The van der Waals surface area contributed by atoms with Gasteiger partial charge in [-0.3, -0.25) is 0 Å². The van der Waals surface area contributed by atoms with Gasteiger partial charge in [0.05, 0.1) is 19.2 Å². The van der Waals surface area contributed by atoms with Crippen molar-refractivity contribution >= 4 is 28.2 Å². The Bertz CT molecular complexity index is 717. The maximum absolute atomic E-state index is 13.0. The highest BCUT2D eigenvalue weighted by Gasteiger charge is 2.36. The maximum atomic E-state index is 13.0. The van der Waals surface area contributed by atoms with Gasteiger partial charge >= 0.3 is 6.18 Å². The van der Waals surface area contributed by atoms with Crippen LogP contribution in [0, 0.1) is 6.92 Å². The molecule has 0 radical (unpaired) electrons. The Kier molecular flexibility index (Phi) is 3.79. The summed E-state index contributed by atoms with van der Waals surface area (Å²) in [7, 11) is 2.69. The molecular formula is C13H12ClF3N2O2. The van der Waals surface area contributed by atoms with Gasteiger partial charge in [0.15, 0.2) is 0 Å². The number of methoxy groups -OCH3 is 2. The van der Waals surface area contributed by atoms with Gasteiger partial charge in [0.2, 0.25) is 0 Å². The van der Waals surface area contributed by atoms with Gasteiger partial charge in [-0.15, -0.1) is 0 Å². The topological polar surface area (TPSA) is 57.4 Å². The number of pyridine rings is 1. The van der Waals surface area contributed by atoms with Crippen LogP contribution in [0.5, 0.6) is 11.5 Å². The summed E-state index contributed by atoms with van der Waals surface area (Å²) in [5.41, 5.74) is 4.42. The van der Waals surface area contributed by atoms with E-state index in [2.05, 4.69) is 4.98 Å². The number of fused-ring (bicyclic) bond motifs is 1. The summed E-state index contributed by atoms with van der Waals surface area (Å²) < 4.78 is 49.2. The monoisotopic (exact) mass is 320 g/mol. The summed E-state index contributed by atoms with van der Waals surface area (Å²) in [6, 6.07) is 1.37. The van der Waals surface area contributed by atoms with Crippen molar-refractivity contribution < 1.29 is 22.6 Å². The lowest BCUT2D eigenvalue weighted by Gasteiger charge is -2.17. The van der Waals surface area contributed by atoms with Crippen molar-refractivity contribution in [2.24, 2.45) is 0 Å². The average molecular weight is 321 g/mol. The first-order chi connectivity index (χ1) is 9.72. The van der Waals surface area contributed by atoms with Gasteiger partial charge in [0.25, 0.3) is 0 Å². The zero-order valence-electron chi connectivity index (χ0n) is 11.4. The predicted octanol–water partition coefficient (Wildman–Crippen LogP) is 3.81. The first kappa shape index (κ1) is 15.5. The van der Waals surface area contributed by atoms with Crippen molar-refractivity contribution in [1.82, 2.24) is 4.98 Å². The third-order valence-corrected chi connectivity index (χ3v) is 3.50. The van der Waals surface area contributed by atoms with Gasteiger partial charge in [-0.2, -0.15) is 13.2 Å². The fraction of sp³-hybridized carbons (Fsp3) is 0.308. The first-order valence-electron chi connectivity index (χ1n) is 5.79. The fourth-order valence-electron chi connectivity index (χ4n) is 2.05. The highest BCUT2D eigenvalue weighted by atomic mass is 35.5. The molecule has 2 rings (SSSR count). The number of ether oxygens (including phenoxy) is 2. The van der Waals surface area contributed by atoms with E-state index in [1.807, 2.05) is 0 Å². The quantitative estimate of drug-likeness (QED) is 0.914. The SMILES string of the molecule is COc1cc(OC)c2nc(C(F)(F)F)c(C)c(N)c2c1Cl. The van der Waals surface area contributed by atoms with Gasteiger partial charge in [-0.25, -0.2) is 4.98 Å². The van der Waals surface area contributed by atoms with E-state index in [1.54, 1.807) is 0 Å². The molecule has 0 amide bonds. The van der Waals surface area contributed by atoms with Crippen molar-refractivity contribution in [2.75, 3.05) is 20.0 Å². The lowest BCUT2D eigenvalue weighted by molar-refractivity contribution is -0.141. The van der Waals surface area contributed by atoms with E-state index in [9.17, 15) is 13.2 Å². The number of alkyl halides is 3. The molecule has 2 N–H and O–H groups in total. The van der Waals surface area contributed by atoms with E-state index in [0.29, 0.717) is 0 Å². The molecule has 0 aliphatic carbocycles. The lowest BCUT2D eigenvalue weighted by atomic mass is 10.1. The summed E-state index contributed by atoms with van der Waals surface area (Å²) in [5.74, 6) is 0.345. The van der Waals surface area contributed by atoms with Crippen molar-refractivity contribution in [2.45, 2.75) is 13.1 Å². The number of rotatable bonds is 2. The number of hydrogen-bond donors (Lipinski definition) is 1.